The number of carbonyl (C=O) groups excluding carboxylic acids is 1. The highest BCUT2D eigenvalue weighted by Gasteiger charge is 2.22. The van der Waals surface area contributed by atoms with Gasteiger partial charge >= 0.3 is 0 Å². The summed E-state index contributed by atoms with van der Waals surface area (Å²) in [5, 5.41) is 12.6. The SMILES string of the molecule is CC1=NN(Cc2nc(-c3ccccc3)n[nH]2)C(=O)C1. The number of rotatable bonds is 3. The highest BCUT2D eigenvalue weighted by molar-refractivity contribution is 6.03. The molecule has 0 aliphatic carbocycles. The Hall–Kier alpha value is -2.50. The molecule has 1 aliphatic heterocycles. The minimum Gasteiger partial charge on any atom is -0.273 e. The average Bonchev–Trinajstić information content (AvgIpc) is 2.99. The Labute approximate surface area is 110 Å². The van der Waals surface area contributed by atoms with E-state index in [9.17, 15) is 4.79 Å². The monoisotopic (exact) mass is 255 g/mol. The number of aromatic nitrogens is 3. The Morgan fingerprint density at radius 1 is 1.32 bits per heavy atom. The zero-order chi connectivity index (χ0) is 13.2. The molecule has 96 valence electrons. The molecule has 0 saturated carbocycles. The third-order valence-electron chi connectivity index (χ3n) is 2.85. The molecule has 1 amide bonds. The molecule has 0 radical (unpaired) electrons. The number of carbonyl (C=O) groups is 1. The molecule has 1 N–H and O–H groups in total. The second-order valence-corrected chi connectivity index (χ2v) is 4.44. The van der Waals surface area contributed by atoms with Crippen LogP contribution in [0.2, 0.25) is 0 Å². The molecule has 6 heteroatoms. The Kier molecular flexibility index (Phi) is 2.83. The average molecular weight is 255 g/mol. The van der Waals surface area contributed by atoms with Gasteiger partial charge in [-0.2, -0.15) is 10.2 Å². The number of hydrogen-bond acceptors (Lipinski definition) is 4. The molecular formula is C13H13N5O. The predicted octanol–water partition coefficient (Wildman–Crippen LogP) is 1.58. The summed E-state index contributed by atoms with van der Waals surface area (Å²) >= 11 is 0. The van der Waals surface area contributed by atoms with Crippen molar-refractivity contribution < 1.29 is 4.79 Å². The fraction of sp³-hybridized carbons (Fsp3) is 0.231. The first-order valence-corrected chi connectivity index (χ1v) is 6.03. The van der Waals surface area contributed by atoms with E-state index in [1.54, 1.807) is 0 Å². The number of hydrogen-bond donors (Lipinski definition) is 1. The summed E-state index contributed by atoms with van der Waals surface area (Å²) in [4.78, 5) is 16.0. The van der Waals surface area contributed by atoms with Gasteiger partial charge in [-0.05, 0) is 6.92 Å². The van der Waals surface area contributed by atoms with Crippen LogP contribution in [0.5, 0.6) is 0 Å². The lowest BCUT2D eigenvalue weighted by molar-refractivity contribution is -0.129. The summed E-state index contributed by atoms with van der Waals surface area (Å²) in [5.74, 6) is 1.25. The maximum Gasteiger partial charge on any atom is 0.248 e. The molecule has 6 nitrogen and oxygen atoms in total. The van der Waals surface area contributed by atoms with Crippen LogP contribution in [-0.4, -0.2) is 31.8 Å². The maximum atomic E-state index is 11.6. The van der Waals surface area contributed by atoms with Gasteiger partial charge in [0.05, 0.1) is 6.42 Å². The van der Waals surface area contributed by atoms with Crippen molar-refractivity contribution in [1.29, 1.82) is 0 Å². The minimum atomic E-state index is -0.00448. The molecule has 3 rings (SSSR count). The van der Waals surface area contributed by atoms with Crippen molar-refractivity contribution in [3.63, 3.8) is 0 Å². The largest absolute Gasteiger partial charge is 0.273 e. The van der Waals surface area contributed by atoms with Crippen molar-refractivity contribution in [1.82, 2.24) is 20.2 Å². The fourth-order valence-electron chi connectivity index (χ4n) is 1.96. The van der Waals surface area contributed by atoms with Crippen molar-refractivity contribution in [3.05, 3.63) is 36.2 Å². The Morgan fingerprint density at radius 2 is 2.11 bits per heavy atom. The lowest BCUT2D eigenvalue weighted by atomic mass is 10.2. The van der Waals surface area contributed by atoms with Gasteiger partial charge in [0.15, 0.2) is 5.82 Å². The lowest BCUT2D eigenvalue weighted by Gasteiger charge is -2.08. The Bertz CT molecular complexity index is 631. The first kappa shape index (κ1) is 11.6. The quantitative estimate of drug-likeness (QED) is 0.904. The third kappa shape index (κ3) is 2.37. The van der Waals surface area contributed by atoms with Gasteiger partial charge in [-0.1, -0.05) is 30.3 Å². The highest BCUT2D eigenvalue weighted by atomic mass is 16.2. The van der Waals surface area contributed by atoms with Gasteiger partial charge in [0.2, 0.25) is 5.91 Å². The molecule has 0 saturated heterocycles. The lowest BCUT2D eigenvalue weighted by Crippen LogP contribution is -2.20. The van der Waals surface area contributed by atoms with Crippen LogP contribution in [0.3, 0.4) is 0 Å². The van der Waals surface area contributed by atoms with E-state index in [1.807, 2.05) is 37.3 Å². The molecule has 1 aromatic heterocycles. The standard InChI is InChI=1S/C13H13N5O/c1-9-7-12(19)18(17-9)8-11-14-13(16-15-11)10-5-3-2-4-6-10/h2-6H,7-8H2,1H3,(H,14,15,16). The van der Waals surface area contributed by atoms with Gasteiger partial charge in [-0.25, -0.2) is 9.99 Å². The maximum absolute atomic E-state index is 11.6. The van der Waals surface area contributed by atoms with Gasteiger partial charge in [-0.3, -0.25) is 9.89 Å². The topological polar surface area (TPSA) is 74.2 Å². The molecule has 0 atom stereocenters. The minimum absolute atomic E-state index is 0.00448. The molecule has 2 heterocycles. The van der Waals surface area contributed by atoms with E-state index in [-0.39, 0.29) is 5.91 Å². The van der Waals surface area contributed by atoms with E-state index in [4.69, 9.17) is 0 Å². The predicted molar refractivity (Wildman–Crippen MR) is 70.1 cm³/mol. The molecule has 0 bridgehead atoms. The van der Waals surface area contributed by atoms with Gasteiger partial charge in [-0.15, -0.1) is 0 Å². The fourth-order valence-corrected chi connectivity index (χ4v) is 1.96. The van der Waals surface area contributed by atoms with Gasteiger partial charge in [0.25, 0.3) is 0 Å². The van der Waals surface area contributed by atoms with E-state index in [2.05, 4.69) is 20.3 Å². The summed E-state index contributed by atoms with van der Waals surface area (Å²) in [7, 11) is 0. The normalized spacial score (nSPS) is 14.9. The van der Waals surface area contributed by atoms with E-state index in [1.165, 1.54) is 5.01 Å². The van der Waals surface area contributed by atoms with Crippen LogP contribution in [0.25, 0.3) is 11.4 Å². The van der Waals surface area contributed by atoms with Crippen LogP contribution in [0.15, 0.2) is 35.4 Å². The molecule has 19 heavy (non-hydrogen) atoms. The number of amides is 1. The summed E-state index contributed by atoms with van der Waals surface area (Å²) in [5.41, 5.74) is 1.77. The Balaban J connectivity index is 1.77. The summed E-state index contributed by atoms with van der Waals surface area (Å²) in [6.45, 7) is 2.17. The molecule has 1 aliphatic rings. The van der Waals surface area contributed by atoms with E-state index >= 15 is 0 Å². The smallest absolute Gasteiger partial charge is 0.248 e. The first-order chi connectivity index (χ1) is 9.22. The van der Waals surface area contributed by atoms with Crippen molar-refractivity contribution in [2.75, 3.05) is 0 Å². The summed E-state index contributed by atoms with van der Waals surface area (Å²) in [6, 6.07) is 9.69. The number of aromatic amines is 1. The molecule has 0 unspecified atom stereocenters. The molecule has 0 fully saturated rings. The number of hydrazone groups is 1. The summed E-state index contributed by atoms with van der Waals surface area (Å²) in [6.07, 6.45) is 0.389. The summed E-state index contributed by atoms with van der Waals surface area (Å²) < 4.78 is 0. The van der Waals surface area contributed by atoms with Gasteiger partial charge in [0, 0.05) is 11.3 Å². The molecule has 2 aromatic rings. The van der Waals surface area contributed by atoms with Crippen LogP contribution in [-0.2, 0) is 11.3 Å². The second-order valence-electron chi connectivity index (χ2n) is 4.44. The van der Waals surface area contributed by atoms with Gasteiger partial charge < -0.3 is 0 Å². The van der Waals surface area contributed by atoms with Crippen molar-refractivity contribution in [2.45, 2.75) is 19.9 Å². The Morgan fingerprint density at radius 3 is 2.79 bits per heavy atom. The van der Waals surface area contributed by atoms with Crippen LogP contribution in [0, 0.1) is 0 Å². The number of nitrogens with zero attached hydrogens (tertiary/aromatic N) is 4. The van der Waals surface area contributed by atoms with E-state index in [0.717, 1.165) is 11.3 Å². The van der Waals surface area contributed by atoms with Crippen LogP contribution in [0.1, 0.15) is 19.2 Å². The third-order valence-corrected chi connectivity index (χ3v) is 2.85. The number of H-pyrrole nitrogens is 1. The van der Waals surface area contributed by atoms with Crippen molar-refractivity contribution >= 4 is 11.6 Å². The molecule has 1 aromatic carbocycles. The molecule has 0 spiro atoms. The van der Waals surface area contributed by atoms with Gasteiger partial charge in [0.1, 0.15) is 12.4 Å². The second kappa shape index (κ2) is 4.64. The van der Waals surface area contributed by atoms with Crippen LogP contribution < -0.4 is 0 Å². The number of nitrogens with one attached hydrogen (secondary N) is 1. The zero-order valence-corrected chi connectivity index (χ0v) is 10.5. The highest BCUT2D eigenvalue weighted by Crippen LogP contribution is 2.15. The van der Waals surface area contributed by atoms with Crippen molar-refractivity contribution in [2.24, 2.45) is 5.10 Å². The molecular weight excluding hydrogens is 242 g/mol. The van der Waals surface area contributed by atoms with Crippen LogP contribution >= 0.6 is 0 Å². The number of benzene rings is 1. The van der Waals surface area contributed by atoms with E-state index in [0.29, 0.717) is 24.6 Å². The van der Waals surface area contributed by atoms with Crippen LogP contribution in [0.4, 0.5) is 0 Å². The van der Waals surface area contributed by atoms with E-state index < -0.39 is 0 Å². The first-order valence-electron chi connectivity index (χ1n) is 6.03. The van der Waals surface area contributed by atoms with Crippen molar-refractivity contribution in [3.8, 4) is 11.4 Å². The zero-order valence-electron chi connectivity index (χ0n) is 10.5.